The predicted molar refractivity (Wildman–Crippen MR) is 75.0 cm³/mol. The highest BCUT2D eigenvalue weighted by Gasteiger charge is 2.13. The van der Waals surface area contributed by atoms with Crippen molar-refractivity contribution in [2.24, 2.45) is 0 Å². The van der Waals surface area contributed by atoms with Gasteiger partial charge in [0.05, 0.1) is 0 Å². The van der Waals surface area contributed by atoms with Crippen LogP contribution in [0, 0.1) is 5.82 Å². The highest BCUT2D eigenvalue weighted by Crippen LogP contribution is 2.16. The standard InChI is InChI=1S/C14H17FN2O3/c1-14(2,3)17-13(20)16-10-6-4-9(11(15)8-10)5-7-12(18)19/h4-8H,1-3H3,(H,18,19)(H2,16,17,20). The van der Waals surface area contributed by atoms with E-state index in [4.69, 9.17) is 5.11 Å². The molecule has 20 heavy (non-hydrogen) atoms. The Balaban J connectivity index is 2.78. The summed E-state index contributed by atoms with van der Waals surface area (Å²) >= 11 is 0. The van der Waals surface area contributed by atoms with Gasteiger partial charge >= 0.3 is 12.0 Å². The van der Waals surface area contributed by atoms with Gasteiger partial charge in [0.25, 0.3) is 0 Å². The highest BCUT2D eigenvalue weighted by atomic mass is 19.1. The molecule has 1 rings (SSSR count). The minimum absolute atomic E-state index is 0.133. The summed E-state index contributed by atoms with van der Waals surface area (Å²) < 4.78 is 13.7. The van der Waals surface area contributed by atoms with Gasteiger partial charge < -0.3 is 15.7 Å². The molecule has 0 aliphatic rings. The van der Waals surface area contributed by atoms with Crippen LogP contribution in [-0.4, -0.2) is 22.6 Å². The first-order valence-electron chi connectivity index (χ1n) is 5.97. The number of carboxylic acid groups (broad SMARTS) is 1. The molecule has 0 aliphatic carbocycles. The third-order valence-electron chi connectivity index (χ3n) is 2.15. The van der Waals surface area contributed by atoms with Gasteiger partial charge in [-0.2, -0.15) is 0 Å². The van der Waals surface area contributed by atoms with E-state index in [1.54, 1.807) is 0 Å². The Morgan fingerprint density at radius 2 is 1.95 bits per heavy atom. The summed E-state index contributed by atoms with van der Waals surface area (Å²) in [5.74, 6) is -1.77. The summed E-state index contributed by atoms with van der Waals surface area (Å²) in [5.41, 5.74) is 0.0261. The van der Waals surface area contributed by atoms with Crippen LogP contribution in [0.15, 0.2) is 24.3 Å². The Morgan fingerprint density at radius 1 is 1.30 bits per heavy atom. The zero-order valence-electron chi connectivity index (χ0n) is 11.5. The van der Waals surface area contributed by atoms with Gasteiger partial charge in [-0.3, -0.25) is 0 Å². The average molecular weight is 280 g/mol. The summed E-state index contributed by atoms with van der Waals surface area (Å²) in [4.78, 5) is 22.0. The molecule has 0 atom stereocenters. The largest absolute Gasteiger partial charge is 0.478 e. The number of carbonyl (C=O) groups excluding carboxylic acids is 1. The lowest BCUT2D eigenvalue weighted by molar-refractivity contribution is -0.131. The molecular formula is C14H17FN2O3. The van der Waals surface area contributed by atoms with E-state index in [-0.39, 0.29) is 11.3 Å². The SMILES string of the molecule is CC(C)(C)NC(=O)Nc1ccc(C=CC(=O)O)c(F)c1. The maximum absolute atomic E-state index is 13.7. The maximum atomic E-state index is 13.7. The monoisotopic (exact) mass is 280 g/mol. The second-order valence-corrected chi connectivity index (χ2v) is 5.24. The molecule has 1 aromatic carbocycles. The molecule has 0 bridgehead atoms. The fourth-order valence-electron chi connectivity index (χ4n) is 1.40. The van der Waals surface area contributed by atoms with E-state index in [2.05, 4.69) is 10.6 Å². The maximum Gasteiger partial charge on any atom is 0.328 e. The van der Waals surface area contributed by atoms with Crippen LogP contribution < -0.4 is 10.6 Å². The number of hydrogen-bond acceptors (Lipinski definition) is 2. The predicted octanol–water partition coefficient (Wildman–Crippen LogP) is 2.84. The number of carbonyl (C=O) groups is 2. The first-order valence-corrected chi connectivity index (χ1v) is 5.97. The van der Waals surface area contributed by atoms with Crippen LogP contribution in [-0.2, 0) is 4.79 Å². The number of halogens is 1. The highest BCUT2D eigenvalue weighted by molar-refractivity contribution is 5.90. The van der Waals surface area contributed by atoms with Gasteiger partial charge in [0.1, 0.15) is 5.82 Å². The van der Waals surface area contributed by atoms with Crippen LogP contribution in [0.2, 0.25) is 0 Å². The van der Waals surface area contributed by atoms with Crippen molar-refractivity contribution >= 4 is 23.8 Å². The molecule has 0 heterocycles. The number of amides is 2. The molecule has 0 saturated heterocycles. The van der Waals surface area contributed by atoms with Gasteiger partial charge in [0, 0.05) is 22.9 Å². The summed E-state index contributed by atoms with van der Waals surface area (Å²) in [6.07, 6.45) is 1.99. The minimum Gasteiger partial charge on any atom is -0.478 e. The van der Waals surface area contributed by atoms with Crippen LogP contribution in [0.1, 0.15) is 26.3 Å². The van der Waals surface area contributed by atoms with Crippen molar-refractivity contribution < 1.29 is 19.1 Å². The molecular weight excluding hydrogens is 263 g/mol. The quantitative estimate of drug-likeness (QED) is 0.745. The molecule has 0 radical (unpaired) electrons. The van der Waals surface area contributed by atoms with Crippen molar-refractivity contribution in [2.75, 3.05) is 5.32 Å². The van der Waals surface area contributed by atoms with Crippen LogP contribution in [0.3, 0.4) is 0 Å². The first kappa shape index (κ1) is 15.7. The van der Waals surface area contributed by atoms with Crippen molar-refractivity contribution in [3.8, 4) is 0 Å². The van der Waals surface area contributed by atoms with Crippen LogP contribution >= 0.6 is 0 Å². The summed E-state index contributed by atoms with van der Waals surface area (Å²) in [6.45, 7) is 5.48. The van der Waals surface area contributed by atoms with Crippen molar-refractivity contribution in [1.82, 2.24) is 5.32 Å². The Bertz CT molecular complexity index is 548. The van der Waals surface area contributed by atoms with Crippen molar-refractivity contribution in [3.05, 3.63) is 35.7 Å². The summed E-state index contributed by atoms with van der Waals surface area (Å²) in [5, 5.41) is 13.7. The summed E-state index contributed by atoms with van der Waals surface area (Å²) in [7, 11) is 0. The van der Waals surface area contributed by atoms with E-state index < -0.39 is 23.4 Å². The van der Waals surface area contributed by atoms with Gasteiger partial charge in [-0.05, 0) is 45.0 Å². The van der Waals surface area contributed by atoms with E-state index in [1.165, 1.54) is 12.1 Å². The Kier molecular flexibility index (Phi) is 4.85. The third kappa shape index (κ3) is 5.51. The van der Waals surface area contributed by atoms with E-state index in [0.717, 1.165) is 18.2 Å². The number of carboxylic acids is 1. The number of hydrogen-bond donors (Lipinski definition) is 3. The molecule has 1 aromatic rings. The van der Waals surface area contributed by atoms with E-state index in [1.807, 2.05) is 20.8 Å². The Morgan fingerprint density at radius 3 is 2.45 bits per heavy atom. The van der Waals surface area contributed by atoms with Crippen molar-refractivity contribution in [3.63, 3.8) is 0 Å². The third-order valence-corrected chi connectivity index (χ3v) is 2.15. The molecule has 108 valence electrons. The number of urea groups is 1. The van der Waals surface area contributed by atoms with Gasteiger partial charge in [-0.25, -0.2) is 14.0 Å². The Labute approximate surface area is 116 Å². The zero-order chi connectivity index (χ0) is 15.3. The first-order chi connectivity index (χ1) is 9.17. The molecule has 0 spiro atoms. The van der Waals surface area contributed by atoms with Crippen molar-refractivity contribution in [1.29, 1.82) is 0 Å². The van der Waals surface area contributed by atoms with Gasteiger partial charge in [-0.15, -0.1) is 0 Å². The lowest BCUT2D eigenvalue weighted by Crippen LogP contribution is -2.43. The summed E-state index contributed by atoms with van der Waals surface area (Å²) in [6, 6.07) is 3.57. The lowest BCUT2D eigenvalue weighted by atomic mass is 10.1. The van der Waals surface area contributed by atoms with Gasteiger partial charge in [0.2, 0.25) is 0 Å². The van der Waals surface area contributed by atoms with E-state index >= 15 is 0 Å². The fourth-order valence-corrected chi connectivity index (χ4v) is 1.40. The van der Waals surface area contributed by atoms with Gasteiger partial charge in [-0.1, -0.05) is 0 Å². The fraction of sp³-hybridized carbons (Fsp3) is 0.286. The molecule has 0 fully saturated rings. The number of aliphatic carboxylic acids is 1. The second kappa shape index (κ2) is 6.18. The number of nitrogens with one attached hydrogen (secondary N) is 2. The zero-order valence-corrected chi connectivity index (χ0v) is 11.5. The molecule has 2 amide bonds. The van der Waals surface area contributed by atoms with E-state index in [0.29, 0.717) is 0 Å². The lowest BCUT2D eigenvalue weighted by Gasteiger charge is -2.20. The minimum atomic E-state index is -1.16. The molecule has 0 saturated carbocycles. The number of anilines is 1. The number of rotatable bonds is 3. The molecule has 5 nitrogen and oxygen atoms in total. The Hall–Kier alpha value is -2.37. The molecule has 6 heteroatoms. The normalized spacial score (nSPS) is 11.4. The second-order valence-electron chi connectivity index (χ2n) is 5.24. The van der Waals surface area contributed by atoms with E-state index in [9.17, 15) is 14.0 Å². The van der Waals surface area contributed by atoms with Crippen LogP contribution in [0.5, 0.6) is 0 Å². The smallest absolute Gasteiger partial charge is 0.328 e. The number of benzene rings is 1. The van der Waals surface area contributed by atoms with Gasteiger partial charge in [0.15, 0.2) is 0 Å². The van der Waals surface area contributed by atoms with Crippen LogP contribution in [0.4, 0.5) is 14.9 Å². The molecule has 3 N–H and O–H groups in total. The van der Waals surface area contributed by atoms with Crippen molar-refractivity contribution in [2.45, 2.75) is 26.3 Å². The van der Waals surface area contributed by atoms with Crippen LogP contribution in [0.25, 0.3) is 6.08 Å². The average Bonchev–Trinajstić information content (AvgIpc) is 2.24. The molecule has 0 aromatic heterocycles. The molecule has 0 aliphatic heterocycles. The molecule has 0 unspecified atom stereocenters. The topological polar surface area (TPSA) is 78.4 Å².